The summed E-state index contributed by atoms with van der Waals surface area (Å²) in [6.07, 6.45) is 3.61. The molecule has 0 saturated heterocycles. The number of aromatic nitrogens is 2. The number of hydrogen-bond acceptors (Lipinski definition) is 4. The zero-order valence-corrected chi connectivity index (χ0v) is 19.0. The topological polar surface area (TPSA) is 59.4 Å². The minimum atomic E-state index is -0.390. The number of nitrogens with one attached hydrogen (secondary N) is 1. The van der Waals surface area contributed by atoms with E-state index < -0.39 is 0 Å². The molecule has 0 aliphatic rings. The Labute approximate surface area is 184 Å². The predicted molar refractivity (Wildman–Crippen MR) is 123 cm³/mol. The Hall–Kier alpha value is -3.12. The highest BCUT2D eigenvalue weighted by atomic mass is 16.5. The summed E-state index contributed by atoms with van der Waals surface area (Å²) in [5.74, 6) is 1.35. The van der Waals surface area contributed by atoms with Crippen LogP contribution >= 0.6 is 0 Å². The number of methoxy groups -OCH3 is 1. The Morgan fingerprint density at radius 2 is 1.94 bits per heavy atom. The smallest absolute Gasteiger partial charge is 0.252 e. The molecule has 0 aliphatic heterocycles. The molecule has 31 heavy (non-hydrogen) atoms. The normalized spacial score (nSPS) is 12.2. The molecule has 0 bridgehead atoms. The van der Waals surface area contributed by atoms with Gasteiger partial charge >= 0.3 is 0 Å². The third-order valence-corrected chi connectivity index (χ3v) is 5.56. The zero-order valence-electron chi connectivity index (χ0n) is 19.0. The maximum atomic E-state index is 13.1. The van der Waals surface area contributed by atoms with Crippen LogP contribution in [0.1, 0.15) is 54.1 Å². The molecule has 3 rings (SSSR count). The Kier molecular flexibility index (Phi) is 7.47. The second kappa shape index (κ2) is 10.3. The van der Waals surface area contributed by atoms with Gasteiger partial charge in [-0.3, -0.25) is 9.69 Å². The van der Waals surface area contributed by atoms with E-state index in [1.807, 2.05) is 66.3 Å². The van der Waals surface area contributed by atoms with Crippen LogP contribution in [0.25, 0.3) is 0 Å². The van der Waals surface area contributed by atoms with Crippen molar-refractivity contribution in [1.29, 1.82) is 0 Å². The quantitative estimate of drug-likeness (QED) is 0.564. The molecule has 1 atom stereocenters. The maximum Gasteiger partial charge on any atom is 0.252 e. The van der Waals surface area contributed by atoms with Crippen LogP contribution < -0.4 is 10.1 Å². The summed E-state index contributed by atoms with van der Waals surface area (Å²) in [4.78, 5) is 20.0. The van der Waals surface area contributed by atoms with Gasteiger partial charge in [0.05, 0.1) is 7.11 Å². The minimum absolute atomic E-state index is 0.140. The van der Waals surface area contributed by atoms with Crippen LogP contribution in [0.4, 0.5) is 0 Å². The Morgan fingerprint density at radius 3 is 2.52 bits per heavy atom. The minimum Gasteiger partial charge on any atom is -0.497 e. The summed E-state index contributed by atoms with van der Waals surface area (Å²) in [5, 5.41) is 3.15. The molecule has 6 heteroatoms. The van der Waals surface area contributed by atoms with Crippen molar-refractivity contribution in [2.75, 3.05) is 13.7 Å². The number of ether oxygens (including phenoxy) is 1. The van der Waals surface area contributed by atoms with Gasteiger partial charge in [-0.05, 0) is 55.8 Å². The van der Waals surface area contributed by atoms with E-state index in [0.717, 1.165) is 30.2 Å². The van der Waals surface area contributed by atoms with Crippen molar-refractivity contribution in [2.45, 2.75) is 39.4 Å². The molecule has 0 aliphatic carbocycles. The van der Waals surface area contributed by atoms with Crippen LogP contribution in [0, 0.1) is 0 Å². The van der Waals surface area contributed by atoms with E-state index in [2.05, 4.69) is 36.0 Å². The average molecular weight is 421 g/mol. The van der Waals surface area contributed by atoms with E-state index in [-0.39, 0.29) is 11.9 Å². The summed E-state index contributed by atoms with van der Waals surface area (Å²) in [5.41, 5.74) is 2.73. The van der Waals surface area contributed by atoms with Gasteiger partial charge in [0.1, 0.15) is 17.6 Å². The van der Waals surface area contributed by atoms with Gasteiger partial charge in [-0.2, -0.15) is 0 Å². The Morgan fingerprint density at radius 1 is 1.19 bits per heavy atom. The van der Waals surface area contributed by atoms with E-state index in [9.17, 15) is 4.79 Å². The lowest BCUT2D eigenvalue weighted by Gasteiger charge is -2.24. The van der Waals surface area contributed by atoms with Gasteiger partial charge in [-0.25, -0.2) is 4.98 Å². The molecular formula is C25H32N4O2. The molecule has 0 fully saturated rings. The van der Waals surface area contributed by atoms with Crippen molar-refractivity contribution in [3.63, 3.8) is 0 Å². The first kappa shape index (κ1) is 22.6. The third-order valence-electron chi connectivity index (χ3n) is 5.56. The first-order chi connectivity index (χ1) is 14.9. The number of hydrogen-bond donors (Lipinski definition) is 1. The molecule has 0 radical (unpaired) electrons. The fourth-order valence-electron chi connectivity index (χ4n) is 3.64. The van der Waals surface area contributed by atoms with Gasteiger partial charge < -0.3 is 14.6 Å². The molecule has 2 aromatic carbocycles. The predicted octanol–water partition coefficient (Wildman–Crippen LogP) is 4.18. The number of imidazole rings is 1. The molecule has 164 valence electrons. The number of nitrogens with zero attached hydrogens (tertiary/aromatic N) is 3. The van der Waals surface area contributed by atoms with E-state index >= 15 is 0 Å². The maximum absolute atomic E-state index is 13.1. The number of aryl methyl sites for hydroxylation is 1. The van der Waals surface area contributed by atoms with Crippen LogP contribution in [-0.2, 0) is 13.6 Å². The molecule has 3 aromatic rings. The molecule has 1 N–H and O–H groups in total. The first-order valence-electron chi connectivity index (χ1n) is 10.7. The van der Waals surface area contributed by atoms with Crippen LogP contribution in [0.5, 0.6) is 5.75 Å². The Bertz CT molecular complexity index is 995. The average Bonchev–Trinajstić information content (AvgIpc) is 3.21. The van der Waals surface area contributed by atoms with Crippen LogP contribution in [0.2, 0.25) is 0 Å². The fraction of sp³-hybridized carbons (Fsp3) is 0.360. The number of amides is 1. The van der Waals surface area contributed by atoms with Crippen molar-refractivity contribution in [3.8, 4) is 5.75 Å². The summed E-state index contributed by atoms with van der Waals surface area (Å²) in [7, 11) is 3.55. The number of carbonyl (C=O) groups is 1. The van der Waals surface area contributed by atoms with Gasteiger partial charge in [0.25, 0.3) is 5.91 Å². The second-order valence-corrected chi connectivity index (χ2v) is 7.93. The summed E-state index contributed by atoms with van der Waals surface area (Å²) in [6.45, 7) is 8.42. The van der Waals surface area contributed by atoms with Gasteiger partial charge in [-0.1, -0.05) is 31.2 Å². The molecule has 1 amide bonds. The van der Waals surface area contributed by atoms with Gasteiger partial charge in [-0.15, -0.1) is 0 Å². The van der Waals surface area contributed by atoms with Crippen LogP contribution in [0.15, 0.2) is 60.9 Å². The van der Waals surface area contributed by atoms with Crippen molar-refractivity contribution in [2.24, 2.45) is 7.05 Å². The summed E-state index contributed by atoms with van der Waals surface area (Å²) >= 11 is 0. The third kappa shape index (κ3) is 5.52. The highest BCUT2D eigenvalue weighted by Gasteiger charge is 2.22. The highest BCUT2D eigenvalue weighted by Crippen LogP contribution is 2.24. The van der Waals surface area contributed by atoms with Crippen LogP contribution in [0.3, 0.4) is 0 Å². The van der Waals surface area contributed by atoms with Crippen molar-refractivity contribution in [3.05, 3.63) is 83.4 Å². The largest absolute Gasteiger partial charge is 0.497 e. The molecule has 1 heterocycles. The van der Waals surface area contributed by atoms with Gasteiger partial charge in [0, 0.05) is 37.6 Å². The van der Waals surface area contributed by atoms with E-state index in [4.69, 9.17) is 4.74 Å². The highest BCUT2D eigenvalue weighted by molar-refractivity contribution is 5.94. The Balaban J connectivity index is 1.81. The SMILES string of the molecule is CCN(Cc1ccc(C(=O)NC(c2cccc(OC)c2)c2nccn2C)cc1)C(C)C. The van der Waals surface area contributed by atoms with E-state index in [1.54, 1.807) is 13.3 Å². The van der Waals surface area contributed by atoms with Crippen molar-refractivity contribution in [1.82, 2.24) is 19.8 Å². The number of rotatable bonds is 9. The van der Waals surface area contributed by atoms with Crippen molar-refractivity contribution < 1.29 is 9.53 Å². The van der Waals surface area contributed by atoms with Gasteiger partial charge in [0.2, 0.25) is 0 Å². The number of benzene rings is 2. The first-order valence-corrected chi connectivity index (χ1v) is 10.7. The molecule has 6 nitrogen and oxygen atoms in total. The molecule has 1 unspecified atom stereocenters. The van der Waals surface area contributed by atoms with Crippen LogP contribution in [-0.4, -0.2) is 40.1 Å². The number of carbonyl (C=O) groups excluding carboxylic acids is 1. The lowest BCUT2D eigenvalue weighted by atomic mass is 10.0. The summed E-state index contributed by atoms with van der Waals surface area (Å²) in [6, 6.07) is 15.6. The van der Waals surface area contributed by atoms with E-state index in [1.165, 1.54) is 5.56 Å². The standard InChI is InChI=1S/C25H32N4O2/c1-6-29(18(2)3)17-19-10-12-20(13-11-19)25(30)27-23(24-26-14-15-28(24)4)21-8-7-9-22(16-21)31-5/h7-16,18,23H,6,17H2,1-5H3,(H,27,30). The van der Waals surface area contributed by atoms with Crippen molar-refractivity contribution >= 4 is 5.91 Å². The lowest BCUT2D eigenvalue weighted by Crippen LogP contribution is -2.31. The second-order valence-electron chi connectivity index (χ2n) is 7.93. The fourth-order valence-corrected chi connectivity index (χ4v) is 3.64. The zero-order chi connectivity index (χ0) is 22.4. The molecular weight excluding hydrogens is 388 g/mol. The summed E-state index contributed by atoms with van der Waals surface area (Å²) < 4.78 is 7.28. The monoisotopic (exact) mass is 420 g/mol. The molecule has 0 saturated carbocycles. The van der Waals surface area contributed by atoms with E-state index in [0.29, 0.717) is 11.6 Å². The van der Waals surface area contributed by atoms with Gasteiger partial charge in [0.15, 0.2) is 0 Å². The molecule has 0 spiro atoms. The lowest BCUT2D eigenvalue weighted by molar-refractivity contribution is 0.0941. The molecule has 1 aromatic heterocycles.